The lowest BCUT2D eigenvalue weighted by molar-refractivity contribution is -0.115. The van der Waals surface area contributed by atoms with Crippen molar-refractivity contribution in [3.05, 3.63) is 47.7 Å². The zero-order valence-corrected chi connectivity index (χ0v) is 15.2. The predicted molar refractivity (Wildman–Crippen MR) is 95.5 cm³/mol. The summed E-state index contributed by atoms with van der Waals surface area (Å²) in [5.74, 6) is -0.291. The van der Waals surface area contributed by atoms with Crippen LogP contribution in [0.25, 0.3) is 0 Å². The number of nitriles is 1. The Hall–Kier alpha value is -2.41. The predicted octanol–water partition coefficient (Wildman–Crippen LogP) is 2.03. The minimum atomic E-state index is -3.77. The number of thioether (sulfide) groups is 1. The molecular formula is C16H16N4O3S2. The minimum absolute atomic E-state index is 0.0319. The van der Waals surface area contributed by atoms with Crippen molar-refractivity contribution >= 4 is 33.4 Å². The van der Waals surface area contributed by atoms with E-state index in [1.807, 2.05) is 6.92 Å². The van der Waals surface area contributed by atoms with Crippen LogP contribution in [0.15, 0.2) is 46.3 Å². The van der Waals surface area contributed by atoms with Gasteiger partial charge in [-0.2, -0.15) is 5.26 Å². The van der Waals surface area contributed by atoms with Gasteiger partial charge in [0.1, 0.15) is 11.1 Å². The number of rotatable bonds is 5. The number of amides is 1. The van der Waals surface area contributed by atoms with Crippen molar-refractivity contribution in [2.45, 2.75) is 29.0 Å². The standard InChI is InChI=1S/C16H16N4O3S2/c1-10-3-4-12(9-17)16(19-10)24-11(2)15(21)20-13-5-7-14(8-6-13)25(18,22)23/h3-8,11H,1-2H3,(H,20,21)(H2,18,22,23). The van der Waals surface area contributed by atoms with Crippen LogP contribution < -0.4 is 10.5 Å². The highest BCUT2D eigenvalue weighted by atomic mass is 32.2. The molecule has 1 amide bonds. The van der Waals surface area contributed by atoms with Crippen molar-refractivity contribution in [3.8, 4) is 6.07 Å². The van der Waals surface area contributed by atoms with Gasteiger partial charge in [-0.1, -0.05) is 11.8 Å². The Morgan fingerprint density at radius 3 is 2.48 bits per heavy atom. The summed E-state index contributed by atoms with van der Waals surface area (Å²) in [7, 11) is -3.77. The van der Waals surface area contributed by atoms with Gasteiger partial charge in [0.2, 0.25) is 15.9 Å². The number of primary sulfonamides is 1. The molecule has 0 bridgehead atoms. The van der Waals surface area contributed by atoms with Gasteiger partial charge in [0.25, 0.3) is 0 Å². The Morgan fingerprint density at radius 2 is 1.92 bits per heavy atom. The van der Waals surface area contributed by atoms with E-state index in [1.165, 1.54) is 36.0 Å². The first-order chi connectivity index (χ1) is 11.7. The van der Waals surface area contributed by atoms with E-state index in [0.29, 0.717) is 16.3 Å². The number of nitrogens with zero attached hydrogens (tertiary/aromatic N) is 2. The largest absolute Gasteiger partial charge is 0.325 e. The van der Waals surface area contributed by atoms with Gasteiger partial charge in [0, 0.05) is 11.4 Å². The van der Waals surface area contributed by atoms with E-state index in [-0.39, 0.29) is 10.8 Å². The average Bonchev–Trinajstić information content (AvgIpc) is 2.54. The van der Waals surface area contributed by atoms with Crippen LogP contribution in [0.5, 0.6) is 0 Å². The first kappa shape index (κ1) is 18.9. The maximum absolute atomic E-state index is 12.3. The molecule has 1 aromatic carbocycles. The summed E-state index contributed by atoms with van der Waals surface area (Å²) in [6.07, 6.45) is 0. The first-order valence-corrected chi connectivity index (χ1v) is 9.61. The van der Waals surface area contributed by atoms with E-state index in [4.69, 9.17) is 10.4 Å². The van der Waals surface area contributed by atoms with Crippen LogP contribution in [0.4, 0.5) is 5.69 Å². The molecule has 0 spiro atoms. The van der Waals surface area contributed by atoms with Crippen LogP contribution in [0.1, 0.15) is 18.2 Å². The number of nitrogens with two attached hydrogens (primary N) is 1. The van der Waals surface area contributed by atoms with E-state index in [0.717, 1.165) is 5.69 Å². The number of hydrogen-bond donors (Lipinski definition) is 2. The smallest absolute Gasteiger partial charge is 0.238 e. The maximum Gasteiger partial charge on any atom is 0.238 e. The molecule has 2 aromatic rings. The summed E-state index contributed by atoms with van der Waals surface area (Å²) in [5.41, 5.74) is 1.61. The number of pyridine rings is 1. The van der Waals surface area contributed by atoms with E-state index in [1.54, 1.807) is 19.1 Å². The fourth-order valence-corrected chi connectivity index (χ4v) is 3.35. The van der Waals surface area contributed by atoms with E-state index < -0.39 is 15.3 Å². The molecule has 2 rings (SSSR count). The molecule has 0 saturated carbocycles. The lowest BCUT2D eigenvalue weighted by atomic mass is 10.3. The normalized spacial score (nSPS) is 12.2. The van der Waals surface area contributed by atoms with Crippen LogP contribution in [0, 0.1) is 18.3 Å². The molecular weight excluding hydrogens is 360 g/mol. The number of anilines is 1. The van der Waals surface area contributed by atoms with E-state index in [9.17, 15) is 13.2 Å². The molecule has 0 aliphatic heterocycles. The maximum atomic E-state index is 12.3. The van der Waals surface area contributed by atoms with Crippen molar-refractivity contribution < 1.29 is 13.2 Å². The second-order valence-electron chi connectivity index (χ2n) is 5.24. The molecule has 1 unspecified atom stereocenters. The number of aromatic nitrogens is 1. The second-order valence-corrected chi connectivity index (χ2v) is 8.13. The van der Waals surface area contributed by atoms with Gasteiger partial charge < -0.3 is 5.32 Å². The van der Waals surface area contributed by atoms with E-state index >= 15 is 0 Å². The van der Waals surface area contributed by atoms with Gasteiger partial charge >= 0.3 is 0 Å². The number of nitrogens with one attached hydrogen (secondary N) is 1. The Balaban J connectivity index is 2.08. The Bertz CT molecular complexity index is 935. The summed E-state index contributed by atoms with van der Waals surface area (Å²) in [6, 6.07) is 11.0. The number of carbonyl (C=O) groups is 1. The van der Waals surface area contributed by atoms with Gasteiger partial charge in [-0.3, -0.25) is 4.79 Å². The van der Waals surface area contributed by atoms with Crippen molar-refractivity contribution in [2.24, 2.45) is 5.14 Å². The zero-order chi connectivity index (χ0) is 18.6. The van der Waals surface area contributed by atoms with Crippen LogP contribution in [0.3, 0.4) is 0 Å². The third-order valence-corrected chi connectivity index (χ3v) is 5.26. The third-order valence-electron chi connectivity index (χ3n) is 3.23. The molecule has 1 atom stereocenters. The average molecular weight is 376 g/mol. The van der Waals surface area contributed by atoms with E-state index in [2.05, 4.69) is 16.4 Å². The second kappa shape index (κ2) is 7.65. The summed E-state index contributed by atoms with van der Waals surface area (Å²) in [4.78, 5) is 16.6. The molecule has 9 heteroatoms. The van der Waals surface area contributed by atoms with Gasteiger partial charge in [-0.25, -0.2) is 18.5 Å². The van der Waals surface area contributed by atoms with Crippen molar-refractivity contribution in [3.63, 3.8) is 0 Å². The molecule has 0 aliphatic carbocycles. The van der Waals surface area contributed by atoms with Crippen molar-refractivity contribution in [2.75, 3.05) is 5.32 Å². The highest BCUT2D eigenvalue weighted by Crippen LogP contribution is 2.26. The number of carbonyl (C=O) groups excluding carboxylic acids is 1. The molecule has 0 saturated heterocycles. The molecule has 3 N–H and O–H groups in total. The monoisotopic (exact) mass is 376 g/mol. The number of hydrogen-bond acceptors (Lipinski definition) is 6. The highest BCUT2D eigenvalue weighted by Gasteiger charge is 2.18. The lowest BCUT2D eigenvalue weighted by Gasteiger charge is -2.13. The fourth-order valence-electron chi connectivity index (χ4n) is 1.90. The molecule has 0 radical (unpaired) electrons. The Kier molecular flexibility index (Phi) is 5.79. The van der Waals surface area contributed by atoms with Crippen molar-refractivity contribution in [1.29, 1.82) is 5.26 Å². The fraction of sp³-hybridized carbons (Fsp3) is 0.188. The highest BCUT2D eigenvalue weighted by molar-refractivity contribution is 8.00. The topological polar surface area (TPSA) is 126 Å². The third kappa shape index (κ3) is 5.03. The minimum Gasteiger partial charge on any atom is -0.325 e. The number of benzene rings is 1. The van der Waals surface area contributed by atoms with Gasteiger partial charge in [0.15, 0.2) is 0 Å². The Labute approximate surface area is 150 Å². The number of sulfonamides is 1. The molecule has 25 heavy (non-hydrogen) atoms. The SMILES string of the molecule is Cc1ccc(C#N)c(SC(C)C(=O)Nc2ccc(S(N)(=O)=O)cc2)n1. The van der Waals surface area contributed by atoms with Gasteiger partial charge in [-0.05, 0) is 50.2 Å². The molecule has 1 heterocycles. The molecule has 130 valence electrons. The molecule has 7 nitrogen and oxygen atoms in total. The summed E-state index contributed by atoms with van der Waals surface area (Å²) in [5, 5.41) is 16.8. The molecule has 1 aromatic heterocycles. The number of aryl methyl sites for hydroxylation is 1. The molecule has 0 aliphatic rings. The molecule has 0 fully saturated rings. The van der Waals surface area contributed by atoms with Gasteiger partial charge in [-0.15, -0.1) is 0 Å². The summed E-state index contributed by atoms with van der Waals surface area (Å²) >= 11 is 1.18. The summed E-state index contributed by atoms with van der Waals surface area (Å²) in [6.45, 7) is 3.51. The van der Waals surface area contributed by atoms with Crippen LogP contribution in [0.2, 0.25) is 0 Å². The van der Waals surface area contributed by atoms with Crippen LogP contribution in [-0.2, 0) is 14.8 Å². The summed E-state index contributed by atoms with van der Waals surface area (Å²) < 4.78 is 22.4. The van der Waals surface area contributed by atoms with Crippen LogP contribution in [-0.4, -0.2) is 24.6 Å². The Morgan fingerprint density at radius 1 is 1.28 bits per heavy atom. The van der Waals surface area contributed by atoms with Gasteiger partial charge in [0.05, 0.1) is 15.7 Å². The van der Waals surface area contributed by atoms with Crippen LogP contribution >= 0.6 is 11.8 Å². The van der Waals surface area contributed by atoms with Crippen molar-refractivity contribution in [1.82, 2.24) is 4.98 Å². The lowest BCUT2D eigenvalue weighted by Crippen LogP contribution is -2.22. The first-order valence-electron chi connectivity index (χ1n) is 7.19. The zero-order valence-electron chi connectivity index (χ0n) is 13.6. The quantitative estimate of drug-likeness (QED) is 0.769.